The number of hydrogen-bond donors (Lipinski definition) is 2. The lowest BCUT2D eigenvalue weighted by molar-refractivity contribution is 0.283. The number of ether oxygens (including phenoxy) is 2. The van der Waals surface area contributed by atoms with Crippen molar-refractivity contribution >= 4 is 23.0 Å². The van der Waals surface area contributed by atoms with Crippen molar-refractivity contribution in [3.8, 4) is 11.5 Å². The minimum absolute atomic E-state index is 0.0678. The van der Waals surface area contributed by atoms with E-state index < -0.39 is 0 Å². The highest BCUT2D eigenvalue weighted by Crippen LogP contribution is 2.24. The van der Waals surface area contributed by atoms with Crippen LogP contribution in [0.15, 0.2) is 42.5 Å². The number of rotatable bonds is 7. The molecule has 134 valence electrons. The molecule has 2 aromatic carbocycles. The molecule has 0 radical (unpaired) electrons. The fraction of sp³-hybridized carbons (Fsp3) is 0.350. The molecule has 0 heterocycles. The summed E-state index contributed by atoms with van der Waals surface area (Å²) in [4.78, 5) is 0. The highest BCUT2D eigenvalue weighted by Gasteiger charge is 2.10. The molecule has 2 N–H and O–H groups in total. The number of anilines is 1. The number of benzene rings is 2. The van der Waals surface area contributed by atoms with E-state index in [0.717, 1.165) is 28.3 Å². The molecule has 0 saturated carbocycles. The largest absolute Gasteiger partial charge is 0.492 e. The molecule has 1 atom stereocenters. The van der Waals surface area contributed by atoms with E-state index in [-0.39, 0.29) is 6.04 Å². The first-order valence-electron chi connectivity index (χ1n) is 8.49. The maximum absolute atomic E-state index is 5.97. The first-order valence-corrected chi connectivity index (χ1v) is 8.90. The standard InChI is InChI=1S/C20H26N2O2S/c1-5-23-18-12-7-6-11-17(18)22-20(25)21-16(4)13-24-19-14(2)9-8-10-15(19)3/h6-12,16H,5,13H2,1-4H3,(H2,21,22,25). The van der Waals surface area contributed by atoms with Gasteiger partial charge in [-0.1, -0.05) is 30.3 Å². The van der Waals surface area contributed by atoms with Gasteiger partial charge in [0.05, 0.1) is 18.3 Å². The van der Waals surface area contributed by atoms with Crippen molar-refractivity contribution in [2.75, 3.05) is 18.5 Å². The molecule has 0 aliphatic rings. The molecular weight excluding hydrogens is 332 g/mol. The van der Waals surface area contributed by atoms with Crippen LogP contribution in [0, 0.1) is 13.8 Å². The predicted octanol–water partition coefficient (Wildman–Crippen LogP) is 4.46. The van der Waals surface area contributed by atoms with Crippen LogP contribution in [0.3, 0.4) is 0 Å². The zero-order chi connectivity index (χ0) is 18.2. The number of hydrogen-bond acceptors (Lipinski definition) is 3. The van der Waals surface area contributed by atoms with Gasteiger partial charge in [-0.15, -0.1) is 0 Å². The molecule has 0 aromatic heterocycles. The molecule has 2 aromatic rings. The topological polar surface area (TPSA) is 42.5 Å². The SMILES string of the molecule is CCOc1ccccc1NC(=S)NC(C)COc1c(C)cccc1C. The summed E-state index contributed by atoms with van der Waals surface area (Å²) in [6, 6.07) is 14.0. The monoisotopic (exact) mass is 358 g/mol. The average Bonchev–Trinajstić information content (AvgIpc) is 2.56. The van der Waals surface area contributed by atoms with E-state index in [1.165, 1.54) is 0 Å². The minimum Gasteiger partial charge on any atom is -0.492 e. The van der Waals surface area contributed by atoms with Crippen LogP contribution in [0.4, 0.5) is 5.69 Å². The van der Waals surface area contributed by atoms with Crippen LogP contribution in [0.5, 0.6) is 11.5 Å². The Morgan fingerprint density at radius 1 is 1.04 bits per heavy atom. The number of thiocarbonyl (C=S) groups is 1. The van der Waals surface area contributed by atoms with E-state index in [0.29, 0.717) is 18.3 Å². The summed E-state index contributed by atoms with van der Waals surface area (Å²) in [7, 11) is 0. The van der Waals surface area contributed by atoms with Crippen LogP contribution in [0.25, 0.3) is 0 Å². The van der Waals surface area contributed by atoms with Gasteiger partial charge in [-0.25, -0.2) is 0 Å². The quantitative estimate of drug-likeness (QED) is 0.716. The Balaban J connectivity index is 1.88. The molecule has 2 rings (SSSR count). The fourth-order valence-corrected chi connectivity index (χ4v) is 2.82. The second kappa shape index (κ2) is 9.28. The molecule has 0 bridgehead atoms. The summed E-state index contributed by atoms with van der Waals surface area (Å²) in [5.41, 5.74) is 3.13. The summed E-state index contributed by atoms with van der Waals surface area (Å²) in [5.74, 6) is 1.73. The Labute approximate surface area is 155 Å². The first kappa shape index (κ1) is 19.1. The van der Waals surface area contributed by atoms with Gasteiger partial charge >= 0.3 is 0 Å². The summed E-state index contributed by atoms with van der Waals surface area (Å²) in [5, 5.41) is 6.98. The van der Waals surface area contributed by atoms with E-state index >= 15 is 0 Å². The van der Waals surface area contributed by atoms with E-state index in [4.69, 9.17) is 21.7 Å². The van der Waals surface area contributed by atoms with Crippen LogP contribution in [-0.2, 0) is 0 Å². The Bertz CT molecular complexity index is 698. The molecule has 0 aliphatic carbocycles. The molecule has 0 spiro atoms. The second-order valence-corrected chi connectivity index (χ2v) is 6.37. The summed E-state index contributed by atoms with van der Waals surface area (Å²) in [6.07, 6.45) is 0. The molecule has 0 amide bonds. The van der Waals surface area contributed by atoms with Crippen molar-refractivity contribution in [3.63, 3.8) is 0 Å². The van der Waals surface area contributed by atoms with Gasteiger partial charge in [-0.05, 0) is 63.2 Å². The highest BCUT2D eigenvalue weighted by molar-refractivity contribution is 7.80. The van der Waals surface area contributed by atoms with E-state index in [1.54, 1.807) is 0 Å². The zero-order valence-corrected chi connectivity index (χ0v) is 16.1. The van der Waals surface area contributed by atoms with Crippen molar-refractivity contribution in [1.29, 1.82) is 0 Å². The smallest absolute Gasteiger partial charge is 0.171 e. The van der Waals surface area contributed by atoms with Gasteiger partial charge in [-0.2, -0.15) is 0 Å². The van der Waals surface area contributed by atoms with Crippen molar-refractivity contribution < 1.29 is 9.47 Å². The number of para-hydroxylation sites is 3. The molecule has 5 heteroatoms. The first-order chi connectivity index (χ1) is 12.0. The predicted molar refractivity (Wildman–Crippen MR) is 108 cm³/mol. The zero-order valence-electron chi connectivity index (χ0n) is 15.3. The van der Waals surface area contributed by atoms with Gasteiger partial charge < -0.3 is 20.1 Å². The van der Waals surface area contributed by atoms with Gasteiger partial charge in [0, 0.05) is 0 Å². The molecule has 0 saturated heterocycles. The van der Waals surface area contributed by atoms with Crippen molar-refractivity contribution in [2.24, 2.45) is 0 Å². The third-order valence-corrected chi connectivity index (χ3v) is 3.92. The Kier molecular flexibility index (Phi) is 7.07. The molecule has 0 aliphatic heterocycles. The van der Waals surface area contributed by atoms with Crippen LogP contribution in [-0.4, -0.2) is 24.4 Å². The maximum Gasteiger partial charge on any atom is 0.171 e. The van der Waals surface area contributed by atoms with Gasteiger partial charge in [-0.3, -0.25) is 0 Å². The highest BCUT2D eigenvalue weighted by atomic mass is 32.1. The molecule has 1 unspecified atom stereocenters. The lowest BCUT2D eigenvalue weighted by atomic mass is 10.1. The average molecular weight is 359 g/mol. The van der Waals surface area contributed by atoms with Crippen molar-refractivity contribution in [2.45, 2.75) is 33.7 Å². The fourth-order valence-electron chi connectivity index (χ4n) is 2.51. The van der Waals surface area contributed by atoms with E-state index in [2.05, 4.69) is 36.6 Å². The number of nitrogens with one attached hydrogen (secondary N) is 2. The molecular formula is C20H26N2O2S. The lowest BCUT2D eigenvalue weighted by Crippen LogP contribution is -2.39. The van der Waals surface area contributed by atoms with Crippen LogP contribution >= 0.6 is 12.2 Å². The Morgan fingerprint density at radius 2 is 1.72 bits per heavy atom. The Morgan fingerprint density at radius 3 is 2.40 bits per heavy atom. The van der Waals surface area contributed by atoms with Crippen LogP contribution < -0.4 is 20.1 Å². The minimum atomic E-state index is 0.0678. The molecule has 0 fully saturated rings. The van der Waals surface area contributed by atoms with Crippen molar-refractivity contribution in [3.05, 3.63) is 53.6 Å². The van der Waals surface area contributed by atoms with Gasteiger partial charge in [0.15, 0.2) is 5.11 Å². The van der Waals surface area contributed by atoms with Crippen LogP contribution in [0.1, 0.15) is 25.0 Å². The third-order valence-electron chi connectivity index (χ3n) is 3.70. The lowest BCUT2D eigenvalue weighted by Gasteiger charge is -2.20. The second-order valence-electron chi connectivity index (χ2n) is 5.96. The summed E-state index contributed by atoms with van der Waals surface area (Å²) in [6.45, 7) is 9.24. The van der Waals surface area contributed by atoms with Gasteiger partial charge in [0.1, 0.15) is 18.1 Å². The van der Waals surface area contributed by atoms with Gasteiger partial charge in [0.2, 0.25) is 0 Å². The molecule has 4 nitrogen and oxygen atoms in total. The maximum atomic E-state index is 5.97. The Hall–Kier alpha value is -2.27. The molecule has 25 heavy (non-hydrogen) atoms. The number of aryl methyl sites for hydroxylation is 2. The normalized spacial score (nSPS) is 11.5. The van der Waals surface area contributed by atoms with Gasteiger partial charge in [0.25, 0.3) is 0 Å². The van der Waals surface area contributed by atoms with Crippen molar-refractivity contribution in [1.82, 2.24) is 5.32 Å². The third kappa shape index (κ3) is 5.64. The summed E-state index contributed by atoms with van der Waals surface area (Å²) >= 11 is 5.41. The van der Waals surface area contributed by atoms with E-state index in [1.807, 2.05) is 44.2 Å². The van der Waals surface area contributed by atoms with Crippen LogP contribution in [0.2, 0.25) is 0 Å². The summed E-state index contributed by atoms with van der Waals surface area (Å²) < 4.78 is 11.6. The van der Waals surface area contributed by atoms with E-state index in [9.17, 15) is 0 Å².